The van der Waals surface area contributed by atoms with Crippen LogP contribution < -0.4 is 0 Å². The van der Waals surface area contributed by atoms with E-state index >= 15 is 0 Å². The van der Waals surface area contributed by atoms with E-state index in [2.05, 4.69) is 6.07 Å². The first-order valence-corrected chi connectivity index (χ1v) is 5.00. The third-order valence-corrected chi connectivity index (χ3v) is 2.80. The molecule has 1 aliphatic carbocycles. The molecule has 2 rings (SSSR count). The van der Waals surface area contributed by atoms with Crippen LogP contribution in [0.25, 0.3) is 0 Å². The molecular weight excluding hydrogens is 148 g/mol. The highest BCUT2D eigenvalue weighted by atomic mass is 16.3. The van der Waals surface area contributed by atoms with Gasteiger partial charge in [-0.15, -0.1) is 0 Å². The summed E-state index contributed by atoms with van der Waals surface area (Å²) < 4.78 is 5.43. The van der Waals surface area contributed by atoms with Crippen molar-refractivity contribution in [3.63, 3.8) is 0 Å². The van der Waals surface area contributed by atoms with Crippen LogP contribution in [0.4, 0.5) is 0 Å². The molecule has 0 bridgehead atoms. The van der Waals surface area contributed by atoms with Gasteiger partial charge in [-0.1, -0.05) is 25.7 Å². The molecule has 1 nitrogen and oxygen atoms in total. The highest BCUT2D eigenvalue weighted by Gasteiger charge is 2.15. The van der Waals surface area contributed by atoms with E-state index in [9.17, 15) is 0 Å². The van der Waals surface area contributed by atoms with Gasteiger partial charge in [0.15, 0.2) is 0 Å². The Bertz CT molecular complexity index is 205. The molecule has 1 aliphatic rings. The molecule has 1 heteroatoms. The van der Waals surface area contributed by atoms with E-state index in [0.717, 1.165) is 0 Å². The van der Waals surface area contributed by atoms with Crippen molar-refractivity contribution in [2.75, 3.05) is 0 Å². The van der Waals surface area contributed by atoms with E-state index in [-0.39, 0.29) is 0 Å². The lowest BCUT2D eigenvalue weighted by Gasteiger charge is -2.09. The summed E-state index contributed by atoms with van der Waals surface area (Å²) in [5.74, 6) is 1.92. The Labute approximate surface area is 73.8 Å². The monoisotopic (exact) mass is 164 g/mol. The predicted molar refractivity (Wildman–Crippen MR) is 49.2 cm³/mol. The standard InChI is InChI=1S/C11H16O/c1-2-4-7-10(6-3-1)11-8-5-9-12-11/h5,8-10H,1-4,6-7H2. The number of hydrogen-bond donors (Lipinski definition) is 0. The van der Waals surface area contributed by atoms with E-state index < -0.39 is 0 Å². The summed E-state index contributed by atoms with van der Waals surface area (Å²) >= 11 is 0. The van der Waals surface area contributed by atoms with Crippen molar-refractivity contribution < 1.29 is 4.42 Å². The van der Waals surface area contributed by atoms with Crippen LogP contribution >= 0.6 is 0 Å². The van der Waals surface area contributed by atoms with Gasteiger partial charge in [0.1, 0.15) is 5.76 Å². The fraction of sp³-hybridized carbons (Fsp3) is 0.636. The van der Waals surface area contributed by atoms with Crippen molar-refractivity contribution in [2.45, 2.75) is 44.4 Å². The fourth-order valence-electron chi connectivity index (χ4n) is 2.09. The summed E-state index contributed by atoms with van der Waals surface area (Å²) in [5, 5.41) is 0. The summed E-state index contributed by atoms with van der Waals surface area (Å²) in [5.41, 5.74) is 0. The maximum Gasteiger partial charge on any atom is 0.106 e. The lowest BCUT2D eigenvalue weighted by atomic mass is 9.98. The Balaban J connectivity index is 2.02. The first kappa shape index (κ1) is 7.90. The molecule has 12 heavy (non-hydrogen) atoms. The topological polar surface area (TPSA) is 13.1 Å². The third kappa shape index (κ3) is 1.71. The van der Waals surface area contributed by atoms with Gasteiger partial charge in [0.05, 0.1) is 6.26 Å². The SMILES string of the molecule is c1coc(C2CCCCCC2)c1. The second kappa shape index (κ2) is 3.79. The first-order valence-electron chi connectivity index (χ1n) is 5.00. The van der Waals surface area contributed by atoms with Crippen LogP contribution in [0.5, 0.6) is 0 Å². The van der Waals surface area contributed by atoms with Crippen LogP contribution in [0.15, 0.2) is 22.8 Å². The molecule has 0 aromatic carbocycles. The Hall–Kier alpha value is -0.720. The number of rotatable bonds is 1. The van der Waals surface area contributed by atoms with Crippen molar-refractivity contribution in [1.82, 2.24) is 0 Å². The molecule has 0 spiro atoms. The van der Waals surface area contributed by atoms with Gasteiger partial charge in [0.2, 0.25) is 0 Å². The van der Waals surface area contributed by atoms with Crippen molar-refractivity contribution in [3.8, 4) is 0 Å². The van der Waals surface area contributed by atoms with Gasteiger partial charge in [-0.2, -0.15) is 0 Å². The maximum absolute atomic E-state index is 5.43. The lowest BCUT2D eigenvalue weighted by Crippen LogP contribution is -1.94. The zero-order valence-electron chi connectivity index (χ0n) is 7.46. The number of furan rings is 1. The second-order valence-corrected chi connectivity index (χ2v) is 3.70. The number of hydrogen-bond acceptors (Lipinski definition) is 1. The molecule has 0 unspecified atom stereocenters. The molecule has 0 amide bonds. The molecular formula is C11H16O. The molecule has 66 valence electrons. The normalized spacial score (nSPS) is 20.7. The lowest BCUT2D eigenvalue weighted by molar-refractivity contribution is 0.434. The van der Waals surface area contributed by atoms with Gasteiger partial charge < -0.3 is 4.42 Å². The van der Waals surface area contributed by atoms with Crippen LogP contribution in [0.3, 0.4) is 0 Å². The summed E-state index contributed by atoms with van der Waals surface area (Å²) in [7, 11) is 0. The van der Waals surface area contributed by atoms with Crippen molar-refractivity contribution in [2.24, 2.45) is 0 Å². The van der Waals surface area contributed by atoms with Gasteiger partial charge in [0.25, 0.3) is 0 Å². The third-order valence-electron chi connectivity index (χ3n) is 2.80. The molecule has 0 N–H and O–H groups in total. The van der Waals surface area contributed by atoms with Gasteiger partial charge >= 0.3 is 0 Å². The average Bonchev–Trinajstić information content (AvgIpc) is 2.48. The van der Waals surface area contributed by atoms with Crippen molar-refractivity contribution in [3.05, 3.63) is 24.2 Å². The summed E-state index contributed by atoms with van der Waals surface area (Å²) in [4.78, 5) is 0. The largest absolute Gasteiger partial charge is 0.469 e. The Morgan fingerprint density at radius 2 is 1.83 bits per heavy atom. The van der Waals surface area contributed by atoms with Crippen LogP contribution in [0.2, 0.25) is 0 Å². The molecule has 0 aliphatic heterocycles. The zero-order valence-corrected chi connectivity index (χ0v) is 7.46. The molecule has 1 saturated carbocycles. The van der Waals surface area contributed by atoms with Gasteiger partial charge in [-0.3, -0.25) is 0 Å². The van der Waals surface area contributed by atoms with Crippen LogP contribution in [-0.2, 0) is 0 Å². The zero-order chi connectivity index (χ0) is 8.23. The highest BCUT2D eigenvalue weighted by molar-refractivity contribution is 5.05. The summed E-state index contributed by atoms with van der Waals surface area (Å²) in [6.07, 6.45) is 10.0. The van der Waals surface area contributed by atoms with Gasteiger partial charge in [0, 0.05) is 5.92 Å². The van der Waals surface area contributed by atoms with E-state index in [1.807, 2.05) is 6.07 Å². The maximum atomic E-state index is 5.43. The molecule has 1 aromatic rings. The van der Waals surface area contributed by atoms with Crippen LogP contribution in [0.1, 0.15) is 50.2 Å². The minimum Gasteiger partial charge on any atom is -0.469 e. The molecule has 0 radical (unpaired) electrons. The van der Waals surface area contributed by atoms with E-state index in [0.29, 0.717) is 5.92 Å². The second-order valence-electron chi connectivity index (χ2n) is 3.70. The van der Waals surface area contributed by atoms with Crippen molar-refractivity contribution in [1.29, 1.82) is 0 Å². The van der Waals surface area contributed by atoms with Gasteiger partial charge in [-0.05, 0) is 25.0 Å². The Morgan fingerprint density at radius 3 is 2.42 bits per heavy atom. The first-order chi connectivity index (χ1) is 5.97. The Morgan fingerprint density at radius 1 is 1.08 bits per heavy atom. The van der Waals surface area contributed by atoms with Gasteiger partial charge in [-0.25, -0.2) is 0 Å². The molecule has 1 heterocycles. The van der Waals surface area contributed by atoms with Crippen LogP contribution in [-0.4, -0.2) is 0 Å². The summed E-state index contributed by atoms with van der Waals surface area (Å²) in [6, 6.07) is 4.12. The van der Waals surface area contributed by atoms with Crippen molar-refractivity contribution >= 4 is 0 Å². The smallest absolute Gasteiger partial charge is 0.106 e. The molecule has 0 atom stereocenters. The van der Waals surface area contributed by atoms with E-state index in [1.54, 1.807) is 6.26 Å². The predicted octanol–water partition coefficient (Wildman–Crippen LogP) is 3.72. The average molecular weight is 164 g/mol. The summed E-state index contributed by atoms with van der Waals surface area (Å²) in [6.45, 7) is 0. The Kier molecular flexibility index (Phi) is 2.50. The van der Waals surface area contributed by atoms with E-state index in [4.69, 9.17) is 4.42 Å². The minimum atomic E-state index is 0.711. The molecule has 1 aromatic heterocycles. The van der Waals surface area contributed by atoms with Crippen LogP contribution in [0, 0.1) is 0 Å². The van der Waals surface area contributed by atoms with E-state index in [1.165, 1.54) is 44.3 Å². The quantitative estimate of drug-likeness (QED) is 0.576. The fourth-order valence-corrected chi connectivity index (χ4v) is 2.09. The molecule has 0 saturated heterocycles. The molecule has 1 fully saturated rings. The minimum absolute atomic E-state index is 0.711. The highest BCUT2D eigenvalue weighted by Crippen LogP contribution is 2.31.